The largest absolute Gasteiger partial charge is 0.342 e. The third-order valence-corrected chi connectivity index (χ3v) is 6.19. The second kappa shape index (κ2) is 5.96. The molecule has 6 nitrogen and oxygen atoms in total. The fourth-order valence-corrected chi connectivity index (χ4v) is 4.75. The molecule has 1 saturated heterocycles. The van der Waals surface area contributed by atoms with E-state index in [-0.39, 0.29) is 29.9 Å². The molecule has 1 aliphatic rings. The molecule has 23 heavy (non-hydrogen) atoms. The van der Waals surface area contributed by atoms with E-state index in [0.29, 0.717) is 6.42 Å². The second-order valence-corrected chi connectivity index (χ2v) is 8.36. The van der Waals surface area contributed by atoms with E-state index in [1.54, 1.807) is 11.9 Å². The Morgan fingerprint density at radius 3 is 2.87 bits per heavy atom. The molecule has 2 aromatic rings. The van der Waals surface area contributed by atoms with Crippen LogP contribution in [0.3, 0.4) is 0 Å². The van der Waals surface area contributed by atoms with Gasteiger partial charge >= 0.3 is 0 Å². The summed E-state index contributed by atoms with van der Waals surface area (Å²) in [5, 5.41) is 0. The fourth-order valence-electron chi connectivity index (χ4n) is 2.97. The standard InChI is InChI=1S/C16H21N3O3S/c1-3-15-17-13-5-4-11(8-14(13)18-15)9-16(20)19(2)12-6-7-23(21,22)10-12/h4-5,8,12H,3,6-7,9-10H2,1-2H3,(H,17,18). The highest BCUT2D eigenvalue weighted by molar-refractivity contribution is 7.91. The van der Waals surface area contributed by atoms with Crippen LogP contribution in [-0.4, -0.2) is 53.8 Å². The summed E-state index contributed by atoms with van der Waals surface area (Å²) in [6, 6.07) is 5.56. The summed E-state index contributed by atoms with van der Waals surface area (Å²) in [5.74, 6) is 1.13. The van der Waals surface area contributed by atoms with Crippen molar-refractivity contribution in [3.05, 3.63) is 29.6 Å². The predicted octanol–water partition coefficient (Wildman–Crippen LogP) is 1.31. The average Bonchev–Trinajstić information content (AvgIpc) is 3.08. The zero-order valence-corrected chi connectivity index (χ0v) is 14.2. The number of nitrogens with one attached hydrogen (secondary N) is 1. The molecule has 0 aliphatic carbocycles. The minimum atomic E-state index is -2.98. The number of carbonyl (C=O) groups is 1. The molecule has 1 aromatic carbocycles. The van der Waals surface area contributed by atoms with Gasteiger partial charge in [0.1, 0.15) is 5.82 Å². The number of hydrogen-bond donors (Lipinski definition) is 1. The van der Waals surface area contributed by atoms with E-state index in [4.69, 9.17) is 0 Å². The van der Waals surface area contributed by atoms with Gasteiger partial charge in [-0.1, -0.05) is 13.0 Å². The number of aryl methyl sites for hydroxylation is 1. The lowest BCUT2D eigenvalue weighted by atomic mass is 10.1. The van der Waals surface area contributed by atoms with Crippen molar-refractivity contribution in [2.24, 2.45) is 0 Å². The Morgan fingerprint density at radius 2 is 2.22 bits per heavy atom. The number of rotatable bonds is 4. The molecular weight excluding hydrogens is 314 g/mol. The van der Waals surface area contributed by atoms with Crippen LogP contribution >= 0.6 is 0 Å². The zero-order chi connectivity index (χ0) is 16.6. The molecule has 1 unspecified atom stereocenters. The van der Waals surface area contributed by atoms with Crippen LogP contribution in [0.15, 0.2) is 18.2 Å². The maximum absolute atomic E-state index is 12.4. The van der Waals surface area contributed by atoms with Gasteiger partial charge in [-0.3, -0.25) is 4.79 Å². The molecule has 1 amide bonds. The summed E-state index contributed by atoms with van der Waals surface area (Å²) in [5.41, 5.74) is 2.73. The summed E-state index contributed by atoms with van der Waals surface area (Å²) in [4.78, 5) is 21.7. The van der Waals surface area contributed by atoms with Gasteiger partial charge in [-0.15, -0.1) is 0 Å². The van der Waals surface area contributed by atoms with Gasteiger partial charge in [0.2, 0.25) is 5.91 Å². The summed E-state index contributed by atoms with van der Waals surface area (Å²) in [6.45, 7) is 2.03. The van der Waals surface area contributed by atoms with E-state index in [1.165, 1.54) is 0 Å². The summed E-state index contributed by atoms with van der Waals surface area (Å²) < 4.78 is 23.1. The Labute approximate surface area is 135 Å². The van der Waals surface area contributed by atoms with E-state index in [0.717, 1.165) is 28.8 Å². The van der Waals surface area contributed by atoms with Crippen molar-refractivity contribution >= 4 is 26.8 Å². The summed E-state index contributed by atoms with van der Waals surface area (Å²) in [6.07, 6.45) is 1.63. The minimum Gasteiger partial charge on any atom is -0.342 e. The lowest BCUT2D eigenvalue weighted by Gasteiger charge is -2.23. The highest BCUT2D eigenvalue weighted by atomic mass is 32.2. The van der Waals surface area contributed by atoms with E-state index >= 15 is 0 Å². The molecule has 0 spiro atoms. The van der Waals surface area contributed by atoms with Crippen LogP contribution in [0.25, 0.3) is 11.0 Å². The van der Waals surface area contributed by atoms with Crippen LogP contribution in [0.5, 0.6) is 0 Å². The van der Waals surface area contributed by atoms with Crippen LogP contribution in [0.1, 0.15) is 24.7 Å². The van der Waals surface area contributed by atoms with Gasteiger partial charge in [-0.2, -0.15) is 0 Å². The third-order valence-electron chi connectivity index (χ3n) is 4.44. The van der Waals surface area contributed by atoms with Gasteiger partial charge in [-0.25, -0.2) is 13.4 Å². The first kappa shape index (κ1) is 16.0. The van der Waals surface area contributed by atoms with Crippen molar-refractivity contribution in [2.45, 2.75) is 32.2 Å². The second-order valence-electron chi connectivity index (χ2n) is 6.13. The molecule has 1 aliphatic heterocycles. The van der Waals surface area contributed by atoms with Crippen molar-refractivity contribution < 1.29 is 13.2 Å². The Bertz CT molecular complexity index is 841. The quantitative estimate of drug-likeness (QED) is 0.913. The lowest BCUT2D eigenvalue weighted by molar-refractivity contribution is -0.130. The van der Waals surface area contributed by atoms with Crippen molar-refractivity contribution in [3.8, 4) is 0 Å². The first-order chi connectivity index (χ1) is 10.9. The Kier molecular flexibility index (Phi) is 4.14. The number of hydrogen-bond acceptors (Lipinski definition) is 4. The molecule has 0 radical (unpaired) electrons. The minimum absolute atomic E-state index is 0.0540. The topological polar surface area (TPSA) is 83.1 Å². The molecule has 1 fully saturated rings. The number of nitrogens with zero attached hydrogens (tertiary/aromatic N) is 2. The van der Waals surface area contributed by atoms with Gasteiger partial charge < -0.3 is 9.88 Å². The van der Waals surface area contributed by atoms with E-state index in [9.17, 15) is 13.2 Å². The normalized spacial score (nSPS) is 20.0. The van der Waals surface area contributed by atoms with Gasteiger partial charge in [0.25, 0.3) is 0 Å². The smallest absolute Gasteiger partial charge is 0.227 e. The molecule has 1 aromatic heterocycles. The molecule has 124 valence electrons. The summed E-state index contributed by atoms with van der Waals surface area (Å²) in [7, 11) is -1.29. The fraction of sp³-hybridized carbons (Fsp3) is 0.500. The van der Waals surface area contributed by atoms with Crippen molar-refractivity contribution in [2.75, 3.05) is 18.6 Å². The molecule has 7 heteroatoms. The van der Waals surface area contributed by atoms with Crippen molar-refractivity contribution in [3.63, 3.8) is 0 Å². The Balaban J connectivity index is 1.72. The van der Waals surface area contributed by atoms with E-state index in [2.05, 4.69) is 9.97 Å². The molecule has 1 N–H and O–H groups in total. The highest BCUT2D eigenvalue weighted by Crippen LogP contribution is 2.19. The maximum Gasteiger partial charge on any atom is 0.227 e. The lowest BCUT2D eigenvalue weighted by Crippen LogP contribution is -2.38. The summed E-state index contributed by atoms with van der Waals surface area (Å²) >= 11 is 0. The Hall–Kier alpha value is -1.89. The number of benzene rings is 1. The number of sulfone groups is 1. The number of aromatic nitrogens is 2. The van der Waals surface area contributed by atoms with Crippen LogP contribution < -0.4 is 0 Å². The van der Waals surface area contributed by atoms with Gasteiger partial charge in [-0.05, 0) is 24.1 Å². The maximum atomic E-state index is 12.4. The molecular formula is C16H21N3O3S. The first-order valence-corrected chi connectivity index (χ1v) is 9.63. The number of imidazole rings is 1. The van der Waals surface area contributed by atoms with Crippen LogP contribution in [0.4, 0.5) is 0 Å². The van der Waals surface area contributed by atoms with Crippen molar-refractivity contribution in [1.82, 2.24) is 14.9 Å². The number of H-pyrrole nitrogens is 1. The number of aromatic amines is 1. The molecule has 2 heterocycles. The molecule has 0 bridgehead atoms. The van der Waals surface area contributed by atoms with E-state index in [1.807, 2.05) is 25.1 Å². The zero-order valence-electron chi connectivity index (χ0n) is 13.4. The number of amides is 1. The van der Waals surface area contributed by atoms with E-state index < -0.39 is 9.84 Å². The monoisotopic (exact) mass is 335 g/mol. The van der Waals surface area contributed by atoms with Crippen LogP contribution in [-0.2, 0) is 27.5 Å². The van der Waals surface area contributed by atoms with Crippen molar-refractivity contribution in [1.29, 1.82) is 0 Å². The van der Waals surface area contributed by atoms with Gasteiger partial charge in [0, 0.05) is 19.5 Å². The van der Waals surface area contributed by atoms with Gasteiger partial charge in [0.15, 0.2) is 9.84 Å². The Morgan fingerprint density at radius 1 is 1.43 bits per heavy atom. The number of fused-ring (bicyclic) bond motifs is 1. The SMILES string of the molecule is CCc1nc2ccc(CC(=O)N(C)C3CCS(=O)(=O)C3)cc2[nH]1. The highest BCUT2D eigenvalue weighted by Gasteiger charge is 2.32. The first-order valence-electron chi connectivity index (χ1n) is 7.81. The van der Waals surface area contributed by atoms with Crippen LogP contribution in [0.2, 0.25) is 0 Å². The van der Waals surface area contributed by atoms with Gasteiger partial charge in [0.05, 0.1) is 29.0 Å². The molecule has 0 saturated carbocycles. The van der Waals surface area contributed by atoms with Crippen LogP contribution in [0, 0.1) is 0 Å². The molecule has 1 atom stereocenters. The third kappa shape index (κ3) is 3.39. The number of carbonyl (C=O) groups excluding carboxylic acids is 1. The number of likely N-dealkylation sites (N-methyl/N-ethyl adjacent to an activating group) is 1. The molecule has 3 rings (SSSR count). The predicted molar refractivity (Wildman–Crippen MR) is 89.0 cm³/mol. The average molecular weight is 335 g/mol.